The quantitative estimate of drug-likeness (QED) is 0.118. The van der Waals surface area contributed by atoms with Gasteiger partial charge in [0.2, 0.25) is 0 Å². The number of allylic oxidation sites excluding steroid dienone is 6. The topological polar surface area (TPSA) is 74.6 Å². The Balaban J connectivity index is -0.000000312. The summed E-state index contributed by atoms with van der Waals surface area (Å²) in [6, 6.07) is 0. The number of aliphatic carboxylic acids is 2. The molecule has 0 aromatic heterocycles. The number of rotatable bonds is 14. The minimum atomic E-state index is -0.935. The van der Waals surface area contributed by atoms with Crippen LogP contribution in [0.5, 0.6) is 0 Å². The molecule has 0 rings (SSSR count). The number of unbranched alkanes of at least 4 members (excludes halogenated alkanes) is 5. The molecule has 0 saturated carbocycles. The van der Waals surface area contributed by atoms with Crippen LogP contribution in [0.3, 0.4) is 0 Å². The average Bonchev–Trinajstić information content (AvgIpc) is 2.58. The molecule has 28 heavy (non-hydrogen) atoms. The SMILES string of the molecule is C=C(C)C(=O)O.CC/C=C\C/C=C\C/C=C\CCCCCCCC(=O)O.[PbH2].[PbH2]. The molecular weight excluding hydrogens is 743 g/mol. The molecule has 0 aromatic rings. The van der Waals surface area contributed by atoms with Gasteiger partial charge in [-0.2, -0.15) is 0 Å². The van der Waals surface area contributed by atoms with Crippen LogP contribution in [0.15, 0.2) is 48.6 Å². The molecule has 0 bridgehead atoms. The minimum absolute atomic E-state index is 0. The fraction of sp³-hybridized carbons (Fsp3) is 0.545. The zero-order chi connectivity index (χ0) is 20.0. The summed E-state index contributed by atoms with van der Waals surface area (Å²) in [5, 5.41) is 16.4. The fourth-order valence-electron chi connectivity index (χ4n) is 1.90. The monoisotopic (exact) mass is 784 g/mol. The van der Waals surface area contributed by atoms with Gasteiger partial charge in [0.1, 0.15) is 0 Å². The predicted octanol–water partition coefficient (Wildman–Crippen LogP) is 4.48. The molecule has 4 radical (unpaired) electrons. The second-order valence-corrected chi connectivity index (χ2v) is 6.08. The van der Waals surface area contributed by atoms with Gasteiger partial charge in [-0.1, -0.05) is 69.2 Å². The van der Waals surface area contributed by atoms with Gasteiger partial charge in [-0.25, -0.2) is 4.79 Å². The van der Waals surface area contributed by atoms with Crippen molar-refractivity contribution < 1.29 is 19.8 Å². The molecular formula is C22H40O4Pb2. The van der Waals surface area contributed by atoms with E-state index in [0.717, 1.165) is 44.9 Å². The normalized spacial score (nSPS) is 10.2. The van der Waals surface area contributed by atoms with Crippen LogP contribution in [0.4, 0.5) is 0 Å². The molecule has 0 saturated heterocycles. The van der Waals surface area contributed by atoms with Gasteiger partial charge < -0.3 is 10.2 Å². The Morgan fingerprint density at radius 2 is 1.21 bits per heavy atom. The molecule has 160 valence electrons. The summed E-state index contributed by atoms with van der Waals surface area (Å²) in [7, 11) is 0. The Kier molecular flexibility index (Phi) is 36.4. The third-order valence-corrected chi connectivity index (χ3v) is 3.41. The molecule has 0 aliphatic carbocycles. The molecule has 0 aliphatic heterocycles. The standard InChI is InChI=1S/C18H30O2.C4H6O2.2Pb.4H/c1-2-3-4-5-6-7-8-9-10-11-12-13-14-15-16-17-18(19)20;1-3(2)4(5)6;;;;;;/h3-4,6-7,9-10H,2,5,8,11-17H2,1H3,(H,19,20);1H2,2H3,(H,5,6);;;;;;/b4-3-,7-6-,10-9-;;;;;;;. The summed E-state index contributed by atoms with van der Waals surface area (Å²) in [6.07, 6.45) is 23.4. The van der Waals surface area contributed by atoms with E-state index in [1.165, 1.54) is 19.8 Å². The Morgan fingerprint density at radius 1 is 0.786 bits per heavy atom. The van der Waals surface area contributed by atoms with Gasteiger partial charge in [-0.3, -0.25) is 4.79 Å². The summed E-state index contributed by atoms with van der Waals surface area (Å²) in [4.78, 5) is 19.9. The molecule has 0 aliphatic rings. The Morgan fingerprint density at radius 3 is 1.68 bits per heavy atom. The van der Waals surface area contributed by atoms with E-state index in [1.54, 1.807) is 0 Å². The van der Waals surface area contributed by atoms with Gasteiger partial charge in [-0.15, -0.1) is 0 Å². The van der Waals surface area contributed by atoms with Crippen molar-refractivity contribution in [2.75, 3.05) is 0 Å². The van der Waals surface area contributed by atoms with E-state index in [-0.39, 0.29) is 60.2 Å². The van der Waals surface area contributed by atoms with E-state index < -0.39 is 11.9 Å². The van der Waals surface area contributed by atoms with Crippen LogP contribution in [0.1, 0.15) is 78.1 Å². The van der Waals surface area contributed by atoms with E-state index in [2.05, 4.69) is 50.0 Å². The van der Waals surface area contributed by atoms with E-state index in [0.29, 0.717) is 6.42 Å². The van der Waals surface area contributed by atoms with Gasteiger partial charge in [-0.05, 0) is 45.4 Å². The first-order valence-electron chi connectivity index (χ1n) is 9.47. The van der Waals surface area contributed by atoms with E-state index in [1.807, 2.05) is 0 Å². The van der Waals surface area contributed by atoms with Crippen LogP contribution in [0, 0.1) is 0 Å². The second kappa shape index (κ2) is 28.9. The van der Waals surface area contributed by atoms with Crippen LogP contribution < -0.4 is 0 Å². The first-order chi connectivity index (χ1) is 12.4. The summed E-state index contributed by atoms with van der Waals surface area (Å²) in [6.45, 7) is 6.75. The third-order valence-electron chi connectivity index (χ3n) is 3.41. The average molecular weight is 783 g/mol. The fourth-order valence-corrected chi connectivity index (χ4v) is 1.90. The first kappa shape index (κ1) is 35.2. The van der Waals surface area contributed by atoms with Crippen LogP contribution in [-0.4, -0.2) is 76.7 Å². The van der Waals surface area contributed by atoms with Crippen LogP contribution in [-0.2, 0) is 9.59 Å². The Labute approximate surface area is 211 Å². The number of hydrogen-bond acceptors (Lipinski definition) is 2. The molecule has 0 spiro atoms. The maximum absolute atomic E-state index is 10.3. The van der Waals surface area contributed by atoms with Crippen molar-refractivity contribution in [2.45, 2.75) is 78.1 Å². The maximum atomic E-state index is 10.3. The summed E-state index contributed by atoms with van der Waals surface area (Å²) in [5.74, 6) is -1.61. The number of carboxylic acid groups (broad SMARTS) is 2. The van der Waals surface area contributed by atoms with Gasteiger partial charge in [0, 0.05) is 12.0 Å². The molecule has 0 atom stereocenters. The Bertz CT molecular complexity index is 457. The number of hydrogen-bond donors (Lipinski definition) is 2. The van der Waals surface area contributed by atoms with Crippen molar-refractivity contribution in [3.05, 3.63) is 48.6 Å². The van der Waals surface area contributed by atoms with Crippen molar-refractivity contribution >= 4 is 66.5 Å². The van der Waals surface area contributed by atoms with Gasteiger partial charge >= 0.3 is 66.5 Å². The third kappa shape index (κ3) is 36.6. The van der Waals surface area contributed by atoms with Crippen molar-refractivity contribution in [1.82, 2.24) is 0 Å². The van der Waals surface area contributed by atoms with Crippen LogP contribution in [0.25, 0.3) is 0 Å². The molecule has 4 nitrogen and oxygen atoms in total. The molecule has 6 heteroatoms. The predicted molar refractivity (Wildman–Crippen MR) is 126 cm³/mol. The van der Waals surface area contributed by atoms with E-state index in [9.17, 15) is 9.59 Å². The van der Waals surface area contributed by atoms with Crippen molar-refractivity contribution in [3.8, 4) is 0 Å². The van der Waals surface area contributed by atoms with E-state index >= 15 is 0 Å². The van der Waals surface area contributed by atoms with Gasteiger partial charge in [0.25, 0.3) is 0 Å². The van der Waals surface area contributed by atoms with Crippen LogP contribution >= 0.6 is 0 Å². The first-order valence-corrected chi connectivity index (χ1v) is 9.47. The molecule has 0 fully saturated rings. The van der Waals surface area contributed by atoms with E-state index in [4.69, 9.17) is 10.2 Å². The molecule has 0 aromatic carbocycles. The van der Waals surface area contributed by atoms with Crippen molar-refractivity contribution in [3.63, 3.8) is 0 Å². The second-order valence-electron chi connectivity index (χ2n) is 6.08. The van der Waals surface area contributed by atoms with Crippen LogP contribution in [0.2, 0.25) is 0 Å². The molecule has 0 heterocycles. The molecule has 0 unspecified atom stereocenters. The van der Waals surface area contributed by atoms with Crippen molar-refractivity contribution in [2.24, 2.45) is 0 Å². The molecule has 0 amide bonds. The summed E-state index contributed by atoms with van der Waals surface area (Å²) in [5.41, 5.74) is 0.176. The summed E-state index contributed by atoms with van der Waals surface area (Å²) < 4.78 is 0. The number of carbonyl (C=O) groups is 2. The van der Waals surface area contributed by atoms with Crippen molar-refractivity contribution in [1.29, 1.82) is 0 Å². The summed E-state index contributed by atoms with van der Waals surface area (Å²) >= 11 is 0. The zero-order valence-corrected chi connectivity index (χ0v) is 28.9. The Hall–Kier alpha value is -0.256. The zero-order valence-electron chi connectivity index (χ0n) is 17.9. The molecule has 2 N–H and O–H groups in total. The van der Waals surface area contributed by atoms with Gasteiger partial charge in [0.05, 0.1) is 0 Å². The van der Waals surface area contributed by atoms with Gasteiger partial charge in [0.15, 0.2) is 0 Å². The number of carboxylic acids is 2.